The van der Waals surface area contributed by atoms with Gasteiger partial charge in [0.15, 0.2) is 0 Å². The number of rotatable bonds is 6. The highest BCUT2D eigenvalue weighted by atomic mass is 16.5. The van der Waals surface area contributed by atoms with E-state index in [-0.39, 0.29) is 11.9 Å². The lowest BCUT2D eigenvalue weighted by Crippen LogP contribution is -2.44. The topological polar surface area (TPSA) is 57.4 Å². The molecule has 146 valence electrons. The second-order valence-electron chi connectivity index (χ2n) is 7.51. The summed E-state index contributed by atoms with van der Waals surface area (Å²) in [6.07, 6.45) is 4.35. The molecular formula is C23H27N3O2. The lowest BCUT2D eigenvalue weighted by Gasteiger charge is -2.32. The predicted octanol–water partition coefficient (Wildman–Crippen LogP) is 3.50. The molecule has 0 radical (unpaired) electrons. The van der Waals surface area contributed by atoms with Gasteiger partial charge in [0.2, 0.25) is 5.91 Å². The van der Waals surface area contributed by atoms with Crippen LogP contribution in [-0.2, 0) is 17.8 Å². The lowest BCUT2D eigenvalue weighted by atomic mass is 10.0. The summed E-state index contributed by atoms with van der Waals surface area (Å²) < 4.78 is 5.31. The monoisotopic (exact) mass is 377 g/mol. The Labute approximate surface area is 165 Å². The number of hydrogen-bond donors (Lipinski definition) is 2. The SMILES string of the molecule is COc1cccc(CN2CCC(NC(=O)Cc3c[nH]c4ccccc34)CC2)c1. The molecule has 5 nitrogen and oxygen atoms in total. The summed E-state index contributed by atoms with van der Waals surface area (Å²) >= 11 is 0. The molecule has 1 saturated heterocycles. The maximum absolute atomic E-state index is 12.5. The van der Waals surface area contributed by atoms with Crippen molar-refractivity contribution in [2.45, 2.75) is 31.8 Å². The number of hydrogen-bond acceptors (Lipinski definition) is 3. The van der Waals surface area contributed by atoms with Gasteiger partial charge in [0.05, 0.1) is 13.5 Å². The highest BCUT2D eigenvalue weighted by Gasteiger charge is 2.21. The fraction of sp³-hybridized carbons (Fsp3) is 0.348. The Balaban J connectivity index is 1.26. The summed E-state index contributed by atoms with van der Waals surface area (Å²) in [5.74, 6) is 1.01. The number of nitrogens with zero attached hydrogens (tertiary/aromatic N) is 1. The molecule has 0 aliphatic carbocycles. The molecule has 0 bridgehead atoms. The second-order valence-corrected chi connectivity index (χ2v) is 7.51. The van der Waals surface area contributed by atoms with E-state index in [2.05, 4.69) is 33.4 Å². The summed E-state index contributed by atoms with van der Waals surface area (Å²) in [6, 6.07) is 16.6. The zero-order valence-electron chi connectivity index (χ0n) is 16.3. The third kappa shape index (κ3) is 4.37. The van der Waals surface area contributed by atoms with Crippen LogP contribution in [0.25, 0.3) is 10.9 Å². The van der Waals surface area contributed by atoms with E-state index < -0.39 is 0 Å². The van der Waals surface area contributed by atoms with Gasteiger partial charge < -0.3 is 15.0 Å². The van der Waals surface area contributed by atoms with Crippen molar-refractivity contribution in [3.8, 4) is 5.75 Å². The molecule has 0 saturated carbocycles. The standard InChI is InChI=1S/C23H27N3O2/c1-28-20-6-4-5-17(13-20)16-26-11-9-19(10-12-26)25-23(27)14-18-15-24-22-8-3-2-7-21(18)22/h2-8,13,15,19,24H,9-12,14,16H2,1H3,(H,25,27). The first-order valence-corrected chi connectivity index (χ1v) is 9.91. The smallest absolute Gasteiger partial charge is 0.224 e. The van der Waals surface area contributed by atoms with Gasteiger partial charge in [-0.15, -0.1) is 0 Å². The Hall–Kier alpha value is -2.79. The molecule has 28 heavy (non-hydrogen) atoms. The molecule has 0 atom stereocenters. The van der Waals surface area contributed by atoms with E-state index >= 15 is 0 Å². The predicted molar refractivity (Wildman–Crippen MR) is 111 cm³/mol. The van der Waals surface area contributed by atoms with Gasteiger partial charge in [-0.1, -0.05) is 30.3 Å². The van der Waals surface area contributed by atoms with Crippen molar-refractivity contribution >= 4 is 16.8 Å². The van der Waals surface area contributed by atoms with Gasteiger partial charge in [0, 0.05) is 42.8 Å². The first-order valence-electron chi connectivity index (χ1n) is 9.91. The number of ether oxygens (including phenoxy) is 1. The molecule has 3 aromatic rings. The summed E-state index contributed by atoms with van der Waals surface area (Å²) in [7, 11) is 1.70. The third-order valence-corrected chi connectivity index (χ3v) is 5.52. The molecule has 1 aliphatic heterocycles. The van der Waals surface area contributed by atoms with Crippen LogP contribution >= 0.6 is 0 Å². The van der Waals surface area contributed by atoms with Crippen LogP contribution in [0.4, 0.5) is 0 Å². The third-order valence-electron chi connectivity index (χ3n) is 5.52. The number of aromatic nitrogens is 1. The van der Waals surface area contributed by atoms with Gasteiger partial charge in [0.25, 0.3) is 0 Å². The van der Waals surface area contributed by atoms with Crippen molar-refractivity contribution < 1.29 is 9.53 Å². The maximum atomic E-state index is 12.5. The maximum Gasteiger partial charge on any atom is 0.224 e. The van der Waals surface area contributed by atoms with Crippen LogP contribution < -0.4 is 10.1 Å². The van der Waals surface area contributed by atoms with Crippen molar-refractivity contribution in [2.75, 3.05) is 20.2 Å². The van der Waals surface area contributed by atoms with Gasteiger partial charge in [-0.25, -0.2) is 0 Å². The van der Waals surface area contributed by atoms with Crippen LogP contribution in [-0.4, -0.2) is 42.0 Å². The Morgan fingerprint density at radius 2 is 2.00 bits per heavy atom. The average molecular weight is 377 g/mol. The Bertz CT molecular complexity index is 942. The van der Waals surface area contributed by atoms with Crippen molar-refractivity contribution in [3.63, 3.8) is 0 Å². The quantitative estimate of drug-likeness (QED) is 0.691. The largest absolute Gasteiger partial charge is 0.497 e. The molecule has 1 amide bonds. The van der Waals surface area contributed by atoms with Gasteiger partial charge in [-0.3, -0.25) is 9.69 Å². The zero-order chi connectivity index (χ0) is 19.3. The van der Waals surface area contributed by atoms with Crippen LogP contribution in [0.2, 0.25) is 0 Å². The number of fused-ring (bicyclic) bond motifs is 1. The number of nitrogens with one attached hydrogen (secondary N) is 2. The fourth-order valence-corrected chi connectivity index (χ4v) is 3.99. The average Bonchev–Trinajstić information content (AvgIpc) is 3.12. The Morgan fingerprint density at radius 1 is 1.18 bits per heavy atom. The summed E-state index contributed by atoms with van der Waals surface area (Å²) in [4.78, 5) is 18.2. The molecule has 2 N–H and O–H groups in total. The number of likely N-dealkylation sites (tertiary alicyclic amines) is 1. The molecule has 4 rings (SSSR count). The molecule has 0 spiro atoms. The minimum absolute atomic E-state index is 0.107. The van der Waals surface area contributed by atoms with Gasteiger partial charge in [-0.05, 0) is 42.2 Å². The summed E-state index contributed by atoms with van der Waals surface area (Å²) in [5, 5.41) is 4.36. The first-order chi connectivity index (χ1) is 13.7. The molecular weight excluding hydrogens is 350 g/mol. The van der Waals surface area contributed by atoms with Gasteiger partial charge >= 0.3 is 0 Å². The van der Waals surface area contributed by atoms with Gasteiger partial charge in [-0.2, -0.15) is 0 Å². The van der Waals surface area contributed by atoms with Crippen LogP contribution in [0.3, 0.4) is 0 Å². The first kappa shape index (κ1) is 18.6. The number of para-hydroxylation sites is 1. The molecule has 5 heteroatoms. The van der Waals surface area contributed by atoms with E-state index in [1.807, 2.05) is 36.5 Å². The van der Waals surface area contributed by atoms with Crippen LogP contribution in [0.15, 0.2) is 54.7 Å². The number of H-pyrrole nitrogens is 1. The van der Waals surface area contributed by atoms with E-state index in [9.17, 15) is 4.79 Å². The molecule has 1 aromatic heterocycles. The van der Waals surface area contributed by atoms with E-state index in [1.54, 1.807) is 7.11 Å². The van der Waals surface area contributed by atoms with Crippen LogP contribution in [0, 0.1) is 0 Å². The molecule has 2 heterocycles. The van der Waals surface area contributed by atoms with E-state index in [0.717, 1.165) is 54.7 Å². The number of piperidine rings is 1. The molecule has 2 aromatic carbocycles. The van der Waals surface area contributed by atoms with Crippen molar-refractivity contribution in [2.24, 2.45) is 0 Å². The van der Waals surface area contributed by atoms with Crippen molar-refractivity contribution in [3.05, 3.63) is 65.9 Å². The highest BCUT2D eigenvalue weighted by Crippen LogP contribution is 2.20. The zero-order valence-corrected chi connectivity index (χ0v) is 16.3. The summed E-state index contributed by atoms with van der Waals surface area (Å²) in [6.45, 7) is 2.91. The fourth-order valence-electron chi connectivity index (χ4n) is 3.99. The number of benzene rings is 2. The Kier molecular flexibility index (Phi) is 5.63. The normalized spacial score (nSPS) is 15.6. The van der Waals surface area contributed by atoms with Crippen molar-refractivity contribution in [1.82, 2.24) is 15.2 Å². The molecule has 0 unspecified atom stereocenters. The number of methoxy groups -OCH3 is 1. The highest BCUT2D eigenvalue weighted by molar-refractivity contribution is 5.88. The number of carbonyl (C=O) groups is 1. The lowest BCUT2D eigenvalue weighted by molar-refractivity contribution is -0.121. The number of carbonyl (C=O) groups excluding carboxylic acids is 1. The van der Waals surface area contributed by atoms with Crippen LogP contribution in [0.5, 0.6) is 5.75 Å². The number of aromatic amines is 1. The Morgan fingerprint density at radius 3 is 2.82 bits per heavy atom. The van der Waals surface area contributed by atoms with Crippen LogP contribution in [0.1, 0.15) is 24.0 Å². The number of amides is 1. The minimum atomic E-state index is 0.107. The second kappa shape index (κ2) is 8.48. The van der Waals surface area contributed by atoms with E-state index in [0.29, 0.717) is 6.42 Å². The minimum Gasteiger partial charge on any atom is -0.497 e. The van der Waals surface area contributed by atoms with Crippen molar-refractivity contribution in [1.29, 1.82) is 0 Å². The molecule has 1 aliphatic rings. The molecule has 1 fully saturated rings. The van der Waals surface area contributed by atoms with Gasteiger partial charge in [0.1, 0.15) is 5.75 Å². The summed E-state index contributed by atoms with van der Waals surface area (Å²) in [5.41, 5.74) is 3.40. The van der Waals surface area contributed by atoms with E-state index in [1.165, 1.54) is 5.56 Å². The van der Waals surface area contributed by atoms with E-state index in [4.69, 9.17) is 4.74 Å².